The first-order chi connectivity index (χ1) is 33.7. The zero-order valence-corrected chi connectivity index (χ0v) is 36.5. The van der Waals surface area contributed by atoms with E-state index in [1.165, 1.54) is 11.1 Å². The van der Waals surface area contributed by atoms with Crippen LogP contribution in [0.15, 0.2) is 231 Å². The Hall–Kier alpha value is -9.40. The summed E-state index contributed by atoms with van der Waals surface area (Å²) in [6.45, 7) is 0. The van der Waals surface area contributed by atoms with Gasteiger partial charge in [-0.2, -0.15) is 9.97 Å². The molecule has 0 amide bonds. The van der Waals surface area contributed by atoms with Crippen LogP contribution >= 0.6 is 0 Å². The summed E-state index contributed by atoms with van der Waals surface area (Å²) in [6, 6.07) is 79.4. The fraction of sp³-hybridized carbons (Fsp3) is 0. The molecule has 13 aromatic rings. The van der Waals surface area contributed by atoms with Gasteiger partial charge in [-0.1, -0.05) is 188 Å². The number of fused-ring (bicyclic) bond motifs is 6. The number of benzene rings is 9. The van der Waals surface area contributed by atoms with Crippen LogP contribution in [-0.2, 0) is 0 Å². The van der Waals surface area contributed by atoms with Crippen LogP contribution < -0.4 is 0 Å². The summed E-state index contributed by atoms with van der Waals surface area (Å²) in [6.07, 6.45) is 0. The molecule has 0 bridgehead atoms. The highest BCUT2D eigenvalue weighted by atomic mass is 15.2. The molecule has 68 heavy (non-hydrogen) atoms. The average Bonchev–Trinajstić information content (AvgIpc) is 3.93. The van der Waals surface area contributed by atoms with Gasteiger partial charge in [0.25, 0.3) is 0 Å². The van der Waals surface area contributed by atoms with Crippen LogP contribution in [0.3, 0.4) is 0 Å². The Morgan fingerprint density at radius 1 is 0.221 bits per heavy atom. The van der Waals surface area contributed by atoms with E-state index in [0.717, 1.165) is 77.1 Å². The molecule has 0 aliphatic rings. The Bertz CT molecular complexity index is 3940. The molecule has 8 nitrogen and oxygen atoms in total. The fourth-order valence-corrected chi connectivity index (χ4v) is 9.40. The van der Waals surface area contributed by atoms with E-state index in [9.17, 15) is 0 Å². The third kappa shape index (κ3) is 6.78. The Balaban J connectivity index is 1.00. The molecule has 0 aliphatic heterocycles. The summed E-state index contributed by atoms with van der Waals surface area (Å²) in [4.78, 5) is 30.8. The van der Waals surface area contributed by atoms with Gasteiger partial charge in [-0.05, 0) is 53.6 Å². The van der Waals surface area contributed by atoms with E-state index in [2.05, 4.69) is 130 Å². The minimum absolute atomic E-state index is 0.517. The average molecular weight is 871 g/mol. The van der Waals surface area contributed by atoms with Crippen LogP contribution in [0.2, 0.25) is 0 Å². The third-order valence-corrected chi connectivity index (χ3v) is 12.6. The van der Waals surface area contributed by atoms with Crippen molar-refractivity contribution in [2.75, 3.05) is 0 Å². The highest BCUT2D eigenvalue weighted by Crippen LogP contribution is 2.40. The number of aromatic nitrogens is 8. The second kappa shape index (κ2) is 16.2. The molecule has 0 aliphatic carbocycles. The van der Waals surface area contributed by atoms with Crippen molar-refractivity contribution in [3.63, 3.8) is 0 Å². The summed E-state index contributed by atoms with van der Waals surface area (Å²) in [5.41, 5.74) is 12.0. The second-order valence-electron chi connectivity index (χ2n) is 16.8. The Labute approximate surface area is 391 Å². The fourth-order valence-electron chi connectivity index (χ4n) is 9.40. The number of nitrogens with zero attached hydrogens (tertiary/aromatic N) is 8. The van der Waals surface area contributed by atoms with Gasteiger partial charge < -0.3 is 4.57 Å². The third-order valence-electron chi connectivity index (χ3n) is 12.6. The van der Waals surface area contributed by atoms with Gasteiger partial charge in [0.1, 0.15) is 0 Å². The molecule has 0 atom stereocenters. The lowest BCUT2D eigenvalue weighted by Crippen LogP contribution is -2.06. The Morgan fingerprint density at radius 2 is 0.574 bits per heavy atom. The normalized spacial score (nSPS) is 11.5. The van der Waals surface area contributed by atoms with Gasteiger partial charge in [-0.15, -0.1) is 0 Å². The first kappa shape index (κ1) is 39.0. The summed E-state index contributed by atoms with van der Waals surface area (Å²) in [5.74, 6) is 3.35. The molecule has 0 fully saturated rings. The maximum absolute atomic E-state index is 5.35. The molecule has 0 saturated carbocycles. The van der Waals surface area contributed by atoms with Crippen LogP contribution in [0.1, 0.15) is 0 Å². The van der Waals surface area contributed by atoms with E-state index in [4.69, 9.17) is 29.9 Å². The lowest BCUT2D eigenvalue weighted by molar-refractivity contribution is 0.954. The highest BCUT2D eigenvalue weighted by Gasteiger charge is 2.22. The van der Waals surface area contributed by atoms with E-state index in [1.807, 2.05) is 109 Å². The molecule has 4 heterocycles. The van der Waals surface area contributed by atoms with Crippen molar-refractivity contribution in [1.82, 2.24) is 39.0 Å². The van der Waals surface area contributed by atoms with Crippen LogP contribution in [0.25, 0.3) is 123 Å². The van der Waals surface area contributed by atoms with Gasteiger partial charge in [0, 0.05) is 55.0 Å². The lowest BCUT2D eigenvalue weighted by atomic mass is 10.1. The van der Waals surface area contributed by atoms with Gasteiger partial charge in [0.2, 0.25) is 5.95 Å². The predicted octanol–water partition coefficient (Wildman–Crippen LogP) is 14.3. The van der Waals surface area contributed by atoms with Crippen molar-refractivity contribution < 1.29 is 0 Å². The minimum atomic E-state index is 0.517. The van der Waals surface area contributed by atoms with Crippen molar-refractivity contribution in [2.45, 2.75) is 0 Å². The zero-order chi connectivity index (χ0) is 45.0. The van der Waals surface area contributed by atoms with Gasteiger partial charge in [-0.25, -0.2) is 19.9 Å². The summed E-state index contributed by atoms with van der Waals surface area (Å²) < 4.78 is 4.57. The monoisotopic (exact) mass is 870 g/mol. The predicted molar refractivity (Wildman–Crippen MR) is 275 cm³/mol. The first-order valence-electron chi connectivity index (χ1n) is 22.6. The highest BCUT2D eigenvalue weighted by molar-refractivity contribution is 6.19. The summed E-state index contributed by atoms with van der Waals surface area (Å²) in [5, 5.41) is 4.50. The molecule has 0 radical (unpaired) electrons. The lowest BCUT2D eigenvalue weighted by Gasteiger charge is -2.12. The molecule has 0 spiro atoms. The molecule has 0 saturated heterocycles. The SMILES string of the molecule is c1ccc(-c2ccc(-n3c4ccccc4c4cc5c(cc43)c3ccccc3n5-c3nc(-c4ccccc4)nc(-c4cccc(-c5nc(-c6ccccc6)nc(-c6ccccc6)n5)c4)n3)cc2)cc1. The number of para-hydroxylation sites is 2. The minimum Gasteiger partial charge on any atom is -0.309 e. The van der Waals surface area contributed by atoms with E-state index in [-0.39, 0.29) is 0 Å². The molecule has 4 aromatic heterocycles. The van der Waals surface area contributed by atoms with Gasteiger partial charge in [-0.3, -0.25) is 4.57 Å². The van der Waals surface area contributed by atoms with E-state index in [0.29, 0.717) is 35.1 Å². The molecule has 318 valence electrons. The quantitative estimate of drug-likeness (QED) is 0.151. The molecular formula is C60H38N8. The zero-order valence-electron chi connectivity index (χ0n) is 36.5. The largest absolute Gasteiger partial charge is 0.309 e. The molecule has 8 heteroatoms. The Kier molecular flexibility index (Phi) is 9.31. The van der Waals surface area contributed by atoms with Crippen molar-refractivity contribution in [1.29, 1.82) is 0 Å². The van der Waals surface area contributed by atoms with Gasteiger partial charge in [0.05, 0.1) is 22.1 Å². The molecule has 0 unspecified atom stereocenters. The smallest absolute Gasteiger partial charge is 0.238 e. The molecule has 9 aromatic carbocycles. The van der Waals surface area contributed by atoms with Crippen molar-refractivity contribution in [3.05, 3.63) is 231 Å². The van der Waals surface area contributed by atoms with Crippen LogP contribution in [-0.4, -0.2) is 39.0 Å². The van der Waals surface area contributed by atoms with E-state index >= 15 is 0 Å². The second-order valence-corrected chi connectivity index (χ2v) is 16.8. The van der Waals surface area contributed by atoms with Crippen molar-refractivity contribution in [2.24, 2.45) is 0 Å². The number of hydrogen-bond donors (Lipinski definition) is 0. The molecule has 13 rings (SSSR count). The van der Waals surface area contributed by atoms with Crippen LogP contribution in [0.5, 0.6) is 0 Å². The van der Waals surface area contributed by atoms with Crippen molar-refractivity contribution >= 4 is 43.6 Å². The van der Waals surface area contributed by atoms with E-state index in [1.54, 1.807) is 0 Å². The Morgan fingerprint density at radius 3 is 1.07 bits per heavy atom. The maximum Gasteiger partial charge on any atom is 0.238 e. The standard InChI is InChI=1S/C60H38N8/c1-5-18-39(19-6-1)40-32-34-46(35-33-40)67-51-30-15-13-28-47(51)49-38-54-50(37-53(49)67)48-29-14-16-31-52(48)68(54)60-65-57(43-24-11-4-12-25-43)64-59(66-60)45-27-17-26-44(36-45)58-62-55(41-20-7-2-8-21-41)61-56(63-58)42-22-9-3-10-23-42/h1-38H. The van der Waals surface area contributed by atoms with Gasteiger partial charge in [0.15, 0.2) is 29.1 Å². The van der Waals surface area contributed by atoms with E-state index < -0.39 is 0 Å². The van der Waals surface area contributed by atoms with Crippen molar-refractivity contribution in [3.8, 4) is 79.7 Å². The topological polar surface area (TPSA) is 87.2 Å². The summed E-state index contributed by atoms with van der Waals surface area (Å²) >= 11 is 0. The summed E-state index contributed by atoms with van der Waals surface area (Å²) in [7, 11) is 0. The first-order valence-corrected chi connectivity index (χ1v) is 22.6. The molecular weight excluding hydrogens is 833 g/mol. The molecule has 0 N–H and O–H groups in total. The number of rotatable bonds is 8. The van der Waals surface area contributed by atoms with Crippen LogP contribution in [0.4, 0.5) is 0 Å². The van der Waals surface area contributed by atoms with Gasteiger partial charge >= 0.3 is 0 Å². The van der Waals surface area contributed by atoms with Crippen LogP contribution in [0, 0.1) is 0 Å². The number of hydrogen-bond acceptors (Lipinski definition) is 6. The maximum atomic E-state index is 5.35.